The number of aryl methyl sites for hydroxylation is 1. The molecule has 0 saturated carbocycles. The highest BCUT2D eigenvalue weighted by atomic mass is 79.9. The highest BCUT2D eigenvalue weighted by Gasteiger charge is 2.09. The topological polar surface area (TPSA) is 57.8 Å². The van der Waals surface area contributed by atoms with Crippen LogP contribution in [0, 0.1) is 0 Å². The van der Waals surface area contributed by atoms with Gasteiger partial charge in [0.25, 0.3) is 5.91 Å². The number of H-pyrrole nitrogens is 1. The Labute approximate surface area is 127 Å². The summed E-state index contributed by atoms with van der Waals surface area (Å²) in [6.07, 6.45) is 2.74. The van der Waals surface area contributed by atoms with Crippen molar-refractivity contribution in [3.05, 3.63) is 51.8 Å². The Balaban J connectivity index is 1.84. The summed E-state index contributed by atoms with van der Waals surface area (Å²) in [5, 5.41) is 9.81. The van der Waals surface area contributed by atoms with Gasteiger partial charge in [-0.2, -0.15) is 5.10 Å². The lowest BCUT2D eigenvalue weighted by Gasteiger charge is -2.05. The number of rotatable bonds is 6. The molecule has 2 aromatic rings. The molecule has 20 heavy (non-hydrogen) atoms. The zero-order valence-corrected chi connectivity index (χ0v) is 13.0. The highest BCUT2D eigenvalue weighted by molar-refractivity contribution is 9.10. The van der Waals surface area contributed by atoms with E-state index in [4.69, 9.17) is 0 Å². The van der Waals surface area contributed by atoms with Crippen molar-refractivity contribution in [2.45, 2.75) is 26.2 Å². The van der Waals surface area contributed by atoms with E-state index < -0.39 is 0 Å². The maximum atomic E-state index is 11.9. The molecule has 4 nitrogen and oxygen atoms in total. The first-order chi connectivity index (χ1) is 9.70. The third-order valence-corrected chi connectivity index (χ3v) is 3.79. The average molecular weight is 336 g/mol. The SMILES string of the molecule is CCCc1cc(C(=O)NCCc2ccccc2Br)n[nH]1. The van der Waals surface area contributed by atoms with Gasteiger partial charge in [0.2, 0.25) is 0 Å². The summed E-state index contributed by atoms with van der Waals surface area (Å²) in [5.41, 5.74) is 2.64. The summed E-state index contributed by atoms with van der Waals surface area (Å²) < 4.78 is 1.07. The zero-order valence-electron chi connectivity index (χ0n) is 11.4. The molecule has 0 bridgehead atoms. The molecule has 2 N–H and O–H groups in total. The normalized spacial score (nSPS) is 10.5. The summed E-state index contributed by atoms with van der Waals surface area (Å²) in [4.78, 5) is 11.9. The fourth-order valence-corrected chi connectivity index (χ4v) is 2.46. The van der Waals surface area contributed by atoms with E-state index in [1.54, 1.807) is 0 Å². The molecule has 0 aliphatic rings. The van der Waals surface area contributed by atoms with E-state index >= 15 is 0 Å². The van der Waals surface area contributed by atoms with E-state index in [0.29, 0.717) is 12.2 Å². The first kappa shape index (κ1) is 14.8. The number of aromatic nitrogens is 2. The number of halogens is 1. The van der Waals surface area contributed by atoms with Gasteiger partial charge in [0, 0.05) is 16.7 Å². The zero-order chi connectivity index (χ0) is 14.4. The monoisotopic (exact) mass is 335 g/mol. The van der Waals surface area contributed by atoms with Gasteiger partial charge in [0.1, 0.15) is 5.69 Å². The van der Waals surface area contributed by atoms with Gasteiger partial charge in [0.15, 0.2) is 0 Å². The number of carbonyl (C=O) groups excluding carboxylic acids is 1. The van der Waals surface area contributed by atoms with Crippen molar-refractivity contribution in [3.8, 4) is 0 Å². The van der Waals surface area contributed by atoms with Crippen LogP contribution in [0.5, 0.6) is 0 Å². The Hall–Kier alpha value is -1.62. The maximum absolute atomic E-state index is 11.9. The molecule has 0 aliphatic heterocycles. The van der Waals surface area contributed by atoms with E-state index in [9.17, 15) is 4.79 Å². The molecule has 1 heterocycles. The summed E-state index contributed by atoms with van der Waals surface area (Å²) in [6.45, 7) is 2.69. The van der Waals surface area contributed by atoms with E-state index in [0.717, 1.165) is 29.4 Å². The molecule has 2 rings (SSSR count). The first-order valence-electron chi connectivity index (χ1n) is 6.76. The van der Waals surface area contributed by atoms with Gasteiger partial charge in [-0.1, -0.05) is 47.5 Å². The number of aromatic amines is 1. The van der Waals surface area contributed by atoms with Gasteiger partial charge in [-0.05, 0) is 30.5 Å². The lowest BCUT2D eigenvalue weighted by Crippen LogP contribution is -2.26. The van der Waals surface area contributed by atoms with Crippen molar-refractivity contribution in [1.82, 2.24) is 15.5 Å². The molecule has 0 fully saturated rings. The highest BCUT2D eigenvalue weighted by Crippen LogP contribution is 2.15. The van der Waals surface area contributed by atoms with E-state index in [1.165, 1.54) is 5.56 Å². The molecule has 0 aliphatic carbocycles. The van der Waals surface area contributed by atoms with E-state index in [2.05, 4.69) is 38.4 Å². The minimum absolute atomic E-state index is 0.129. The summed E-state index contributed by atoms with van der Waals surface area (Å²) in [6, 6.07) is 9.83. The van der Waals surface area contributed by atoms with Crippen LogP contribution < -0.4 is 5.32 Å². The second-order valence-corrected chi connectivity index (χ2v) is 5.48. The van der Waals surface area contributed by atoms with Crippen LogP contribution >= 0.6 is 15.9 Å². The number of hydrogen-bond acceptors (Lipinski definition) is 2. The number of amides is 1. The molecule has 5 heteroatoms. The van der Waals surface area contributed by atoms with Crippen LogP contribution in [0.25, 0.3) is 0 Å². The maximum Gasteiger partial charge on any atom is 0.271 e. The van der Waals surface area contributed by atoms with Gasteiger partial charge in [-0.15, -0.1) is 0 Å². The van der Waals surface area contributed by atoms with Crippen LogP contribution in [0.3, 0.4) is 0 Å². The Morgan fingerprint density at radius 1 is 1.35 bits per heavy atom. The van der Waals surface area contributed by atoms with Gasteiger partial charge in [-0.3, -0.25) is 9.89 Å². The molecule has 1 aromatic heterocycles. The Bertz CT molecular complexity index is 580. The standard InChI is InChI=1S/C15H18BrN3O/c1-2-5-12-10-14(19-18-12)15(20)17-9-8-11-6-3-4-7-13(11)16/h3-4,6-7,10H,2,5,8-9H2,1H3,(H,17,20)(H,18,19). The lowest BCUT2D eigenvalue weighted by atomic mass is 10.1. The molecule has 106 valence electrons. The van der Waals surface area contributed by atoms with Gasteiger partial charge < -0.3 is 5.32 Å². The molecule has 1 amide bonds. The third-order valence-electron chi connectivity index (χ3n) is 3.02. The second-order valence-electron chi connectivity index (χ2n) is 4.63. The number of carbonyl (C=O) groups is 1. The van der Waals surface area contributed by atoms with E-state index in [-0.39, 0.29) is 5.91 Å². The third kappa shape index (κ3) is 3.93. The number of nitrogens with one attached hydrogen (secondary N) is 2. The number of hydrogen-bond donors (Lipinski definition) is 2. The molecule has 0 atom stereocenters. The van der Waals surface area contributed by atoms with Crippen molar-refractivity contribution >= 4 is 21.8 Å². The van der Waals surface area contributed by atoms with Crippen LogP contribution in [0.4, 0.5) is 0 Å². The summed E-state index contributed by atoms with van der Waals surface area (Å²) >= 11 is 3.50. The smallest absolute Gasteiger partial charge is 0.271 e. The minimum Gasteiger partial charge on any atom is -0.350 e. The van der Waals surface area contributed by atoms with Crippen molar-refractivity contribution in [1.29, 1.82) is 0 Å². The van der Waals surface area contributed by atoms with Crippen molar-refractivity contribution < 1.29 is 4.79 Å². The van der Waals surface area contributed by atoms with Crippen molar-refractivity contribution in [2.24, 2.45) is 0 Å². The van der Waals surface area contributed by atoms with Crippen molar-refractivity contribution in [3.63, 3.8) is 0 Å². The predicted octanol–water partition coefficient (Wildman–Crippen LogP) is 3.10. The van der Waals surface area contributed by atoms with Crippen LogP contribution in [0.2, 0.25) is 0 Å². The van der Waals surface area contributed by atoms with Gasteiger partial charge in [0.05, 0.1) is 0 Å². The average Bonchev–Trinajstić information content (AvgIpc) is 2.90. The van der Waals surface area contributed by atoms with Crippen LogP contribution in [-0.4, -0.2) is 22.6 Å². The van der Waals surface area contributed by atoms with Crippen molar-refractivity contribution in [2.75, 3.05) is 6.54 Å². The lowest BCUT2D eigenvalue weighted by molar-refractivity contribution is 0.0949. The molecule has 0 saturated heterocycles. The van der Waals surface area contributed by atoms with Crippen LogP contribution in [0.15, 0.2) is 34.8 Å². The van der Waals surface area contributed by atoms with E-state index in [1.807, 2.05) is 30.3 Å². The fraction of sp³-hybridized carbons (Fsp3) is 0.333. The summed E-state index contributed by atoms with van der Waals surface area (Å²) in [7, 11) is 0. The predicted molar refractivity (Wildman–Crippen MR) is 82.8 cm³/mol. The molecular formula is C15H18BrN3O. The Morgan fingerprint density at radius 2 is 2.15 bits per heavy atom. The van der Waals surface area contributed by atoms with Gasteiger partial charge >= 0.3 is 0 Å². The molecule has 0 spiro atoms. The Morgan fingerprint density at radius 3 is 2.90 bits per heavy atom. The van der Waals surface area contributed by atoms with Crippen LogP contribution in [-0.2, 0) is 12.8 Å². The minimum atomic E-state index is -0.129. The molecular weight excluding hydrogens is 318 g/mol. The number of nitrogens with zero attached hydrogens (tertiary/aromatic N) is 1. The number of benzene rings is 1. The largest absolute Gasteiger partial charge is 0.350 e. The second kappa shape index (κ2) is 7.24. The molecule has 0 radical (unpaired) electrons. The Kier molecular flexibility index (Phi) is 5.35. The van der Waals surface area contributed by atoms with Gasteiger partial charge in [-0.25, -0.2) is 0 Å². The fourth-order valence-electron chi connectivity index (χ4n) is 1.98. The first-order valence-corrected chi connectivity index (χ1v) is 7.56. The summed E-state index contributed by atoms with van der Waals surface area (Å²) in [5.74, 6) is -0.129. The van der Waals surface area contributed by atoms with Crippen LogP contribution in [0.1, 0.15) is 35.1 Å². The molecule has 1 aromatic carbocycles. The molecule has 0 unspecified atom stereocenters. The quantitative estimate of drug-likeness (QED) is 0.852.